The number of amides is 3. The van der Waals surface area contributed by atoms with Crippen LogP contribution in [0, 0.1) is 11.6 Å². The standard InChI is InChI=1S/C18H22F2N2O3/c19-12-7-6-8-13(20)15(12)14(23)11-22-16(24)18(21-17(22)25)9-4-2-1-3-5-10-18/h6-8,14,23H,1-5,9-11H2,(H,21,25). The molecule has 0 aromatic heterocycles. The van der Waals surface area contributed by atoms with Crippen LogP contribution in [-0.4, -0.2) is 34.0 Å². The highest BCUT2D eigenvalue weighted by molar-refractivity contribution is 6.07. The third-order valence-corrected chi connectivity index (χ3v) is 5.14. The van der Waals surface area contributed by atoms with Gasteiger partial charge in [0.1, 0.15) is 23.3 Å². The topological polar surface area (TPSA) is 69.6 Å². The molecule has 2 N–H and O–H groups in total. The molecule has 1 aliphatic heterocycles. The van der Waals surface area contributed by atoms with E-state index >= 15 is 0 Å². The molecular weight excluding hydrogens is 330 g/mol. The Morgan fingerprint density at radius 2 is 1.64 bits per heavy atom. The second kappa shape index (κ2) is 7.07. The smallest absolute Gasteiger partial charge is 0.325 e. The van der Waals surface area contributed by atoms with E-state index in [1.165, 1.54) is 6.07 Å². The number of nitrogens with one attached hydrogen (secondary N) is 1. The SMILES string of the molecule is O=C1NC2(CCCCCCC2)C(=O)N1CC(O)c1c(F)cccc1F. The quantitative estimate of drug-likeness (QED) is 0.822. The van der Waals surface area contributed by atoms with Crippen LogP contribution in [0.4, 0.5) is 13.6 Å². The third-order valence-electron chi connectivity index (χ3n) is 5.14. The summed E-state index contributed by atoms with van der Waals surface area (Å²) in [5, 5.41) is 13.0. The van der Waals surface area contributed by atoms with Gasteiger partial charge in [-0.3, -0.25) is 9.69 Å². The van der Waals surface area contributed by atoms with Crippen molar-refractivity contribution in [1.29, 1.82) is 0 Å². The first kappa shape index (κ1) is 17.8. The lowest BCUT2D eigenvalue weighted by Gasteiger charge is -2.28. The average Bonchev–Trinajstić information content (AvgIpc) is 2.76. The monoisotopic (exact) mass is 352 g/mol. The number of halogens is 2. The number of carbonyl (C=O) groups excluding carboxylic acids is 2. The summed E-state index contributed by atoms with van der Waals surface area (Å²) >= 11 is 0. The van der Waals surface area contributed by atoms with Crippen LogP contribution >= 0.6 is 0 Å². The van der Waals surface area contributed by atoms with Crippen molar-refractivity contribution in [3.8, 4) is 0 Å². The molecule has 2 fully saturated rings. The summed E-state index contributed by atoms with van der Waals surface area (Å²) < 4.78 is 27.6. The molecular formula is C18H22F2N2O3. The predicted molar refractivity (Wildman–Crippen MR) is 86.6 cm³/mol. The minimum absolute atomic E-state index is 0.407. The molecule has 0 radical (unpaired) electrons. The van der Waals surface area contributed by atoms with Gasteiger partial charge in [0.05, 0.1) is 12.1 Å². The molecule has 1 aliphatic carbocycles. The Hall–Kier alpha value is -2.02. The highest BCUT2D eigenvalue weighted by atomic mass is 19.1. The molecule has 1 heterocycles. The third kappa shape index (κ3) is 3.38. The summed E-state index contributed by atoms with van der Waals surface area (Å²) in [5.74, 6) is -2.21. The highest BCUT2D eigenvalue weighted by Gasteiger charge is 2.50. The van der Waals surface area contributed by atoms with E-state index in [0.717, 1.165) is 49.1 Å². The van der Waals surface area contributed by atoms with E-state index in [2.05, 4.69) is 5.32 Å². The van der Waals surface area contributed by atoms with E-state index in [1.807, 2.05) is 0 Å². The van der Waals surface area contributed by atoms with Crippen molar-refractivity contribution in [3.05, 3.63) is 35.4 Å². The number of β-amino-alcohol motifs (C(OH)–C–C–N with tert-alkyl or cyclic N) is 1. The second-order valence-corrected chi connectivity index (χ2v) is 6.85. The fourth-order valence-electron chi connectivity index (χ4n) is 3.78. The summed E-state index contributed by atoms with van der Waals surface area (Å²) in [6.07, 6.45) is 4.31. The molecule has 1 saturated heterocycles. The molecule has 1 atom stereocenters. The maximum atomic E-state index is 13.8. The van der Waals surface area contributed by atoms with Gasteiger partial charge in [0, 0.05) is 0 Å². The van der Waals surface area contributed by atoms with Crippen LogP contribution in [0.25, 0.3) is 0 Å². The zero-order valence-electron chi connectivity index (χ0n) is 13.9. The lowest BCUT2D eigenvalue weighted by molar-refractivity contribution is -0.133. The predicted octanol–water partition coefficient (Wildman–Crippen LogP) is 3.03. The van der Waals surface area contributed by atoms with Gasteiger partial charge in [0.15, 0.2) is 0 Å². The fourth-order valence-corrected chi connectivity index (χ4v) is 3.78. The number of nitrogens with zero attached hydrogens (tertiary/aromatic N) is 1. The maximum Gasteiger partial charge on any atom is 0.325 e. The summed E-state index contributed by atoms with van der Waals surface area (Å²) in [5.41, 5.74) is -1.47. The zero-order valence-corrected chi connectivity index (χ0v) is 13.9. The second-order valence-electron chi connectivity index (χ2n) is 6.85. The van der Waals surface area contributed by atoms with Crippen molar-refractivity contribution in [2.75, 3.05) is 6.54 Å². The largest absolute Gasteiger partial charge is 0.386 e. The van der Waals surface area contributed by atoms with Gasteiger partial charge in [-0.25, -0.2) is 13.6 Å². The van der Waals surface area contributed by atoms with Gasteiger partial charge in [0.2, 0.25) is 0 Å². The van der Waals surface area contributed by atoms with Crippen LogP contribution in [-0.2, 0) is 4.79 Å². The summed E-state index contributed by atoms with van der Waals surface area (Å²) in [4.78, 5) is 26.0. The summed E-state index contributed by atoms with van der Waals surface area (Å²) in [6, 6.07) is 2.65. The molecule has 5 nitrogen and oxygen atoms in total. The Balaban J connectivity index is 1.78. The Morgan fingerprint density at radius 3 is 2.24 bits per heavy atom. The normalized spacial score (nSPS) is 21.8. The van der Waals surface area contributed by atoms with Gasteiger partial charge in [-0.15, -0.1) is 0 Å². The zero-order chi connectivity index (χ0) is 18.0. The minimum Gasteiger partial charge on any atom is -0.386 e. The molecule has 0 bridgehead atoms. The Kier molecular flexibility index (Phi) is 5.03. The van der Waals surface area contributed by atoms with Crippen molar-refractivity contribution in [1.82, 2.24) is 10.2 Å². The van der Waals surface area contributed by atoms with Gasteiger partial charge < -0.3 is 10.4 Å². The summed E-state index contributed by atoms with van der Waals surface area (Å²) in [6.45, 7) is -0.468. The van der Waals surface area contributed by atoms with Crippen LogP contribution in [0.5, 0.6) is 0 Å². The maximum absolute atomic E-state index is 13.8. The van der Waals surface area contributed by atoms with E-state index < -0.39 is 47.3 Å². The van der Waals surface area contributed by atoms with Gasteiger partial charge in [-0.2, -0.15) is 0 Å². The van der Waals surface area contributed by atoms with E-state index in [4.69, 9.17) is 0 Å². The lowest BCUT2D eigenvalue weighted by Crippen LogP contribution is -2.47. The molecule has 136 valence electrons. The summed E-state index contributed by atoms with van der Waals surface area (Å²) in [7, 11) is 0. The van der Waals surface area contributed by atoms with Crippen molar-refractivity contribution in [2.24, 2.45) is 0 Å². The Morgan fingerprint density at radius 1 is 1.08 bits per heavy atom. The van der Waals surface area contributed by atoms with E-state index in [1.54, 1.807) is 0 Å². The molecule has 3 rings (SSSR count). The molecule has 2 aliphatic rings. The van der Waals surface area contributed by atoms with Crippen LogP contribution < -0.4 is 5.32 Å². The highest BCUT2D eigenvalue weighted by Crippen LogP contribution is 2.33. The fraction of sp³-hybridized carbons (Fsp3) is 0.556. The van der Waals surface area contributed by atoms with Crippen LogP contribution in [0.2, 0.25) is 0 Å². The number of aliphatic hydroxyl groups excluding tert-OH is 1. The molecule has 1 spiro atoms. The van der Waals surface area contributed by atoms with Crippen molar-refractivity contribution >= 4 is 11.9 Å². The Labute approximate surface area is 145 Å². The van der Waals surface area contributed by atoms with Crippen LogP contribution in [0.1, 0.15) is 56.6 Å². The first-order chi connectivity index (χ1) is 11.9. The number of rotatable bonds is 3. The van der Waals surface area contributed by atoms with Crippen LogP contribution in [0.15, 0.2) is 18.2 Å². The Bertz CT molecular complexity index is 652. The number of imide groups is 1. The number of urea groups is 1. The van der Waals surface area contributed by atoms with Crippen LogP contribution in [0.3, 0.4) is 0 Å². The molecule has 7 heteroatoms. The minimum atomic E-state index is -1.61. The number of carbonyl (C=O) groups is 2. The van der Waals surface area contributed by atoms with Gasteiger partial charge in [-0.05, 0) is 25.0 Å². The van der Waals surface area contributed by atoms with E-state index in [9.17, 15) is 23.5 Å². The molecule has 1 aromatic rings. The average molecular weight is 352 g/mol. The lowest BCUT2D eigenvalue weighted by atomic mass is 9.84. The number of hydrogen-bond acceptors (Lipinski definition) is 3. The molecule has 25 heavy (non-hydrogen) atoms. The van der Waals surface area contributed by atoms with Gasteiger partial charge in [0.25, 0.3) is 5.91 Å². The first-order valence-corrected chi connectivity index (χ1v) is 8.71. The molecule has 3 amide bonds. The molecule has 1 unspecified atom stereocenters. The van der Waals surface area contributed by atoms with Gasteiger partial charge >= 0.3 is 6.03 Å². The van der Waals surface area contributed by atoms with Gasteiger partial charge in [-0.1, -0.05) is 38.2 Å². The number of hydrogen-bond donors (Lipinski definition) is 2. The van der Waals surface area contributed by atoms with E-state index in [-0.39, 0.29) is 0 Å². The van der Waals surface area contributed by atoms with Crippen molar-refractivity contribution in [3.63, 3.8) is 0 Å². The first-order valence-electron chi connectivity index (χ1n) is 8.71. The molecule has 1 saturated carbocycles. The van der Waals surface area contributed by atoms with Crippen molar-refractivity contribution in [2.45, 2.75) is 56.6 Å². The number of benzene rings is 1. The van der Waals surface area contributed by atoms with E-state index in [0.29, 0.717) is 12.8 Å². The number of aliphatic hydroxyl groups is 1. The van der Waals surface area contributed by atoms with Crippen molar-refractivity contribution < 1.29 is 23.5 Å². The molecule has 1 aromatic carbocycles.